The summed E-state index contributed by atoms with van der Waals surface area (Å²) in [7, 11) is 0. The second-order valence-electron chi connectivity index (χ2n) is 12.7. The average Bonchev–Trinajstić information content (AvgIpc) is 3.07. The predicted molar refractivity (Wildman–Crippen MR) is 208 cm³/mol. The Morgan fingerprint density at radius 3 is 1.48 bits per heavy atom. The first-order chi connectivity index (χ1) is 22.7. The van der Waals surface area contributed by atoms with Crippen LogP contribution >= 0.6 is 0 Å². The van der Waals surface area contributed by atoms with Crippen molar-refractivity contribution in [3.05, 3.63) is 96.1 Å². The fraction of sp³-hybridized carbons (Fsp3) is 0.545. The third-order valence-electron chi connectivity index (χ3n) is 8.46. The number of hydrogen-bond acceptors (Lipinski definition) is 2. The number of allylic oxidation sites excluding steroid dienone is 6. The molecule has 0 aliphatic heterocycles. The van der Waals surface area contributed by atoms with Crippen LogP contribution in [0.2, 0.25) is 0 Å². The van der Waals surface area contributed by atoms with Gasteiger partial charge in [-0.05, 0) is 106 Å². The fourth-order valence-electron chi connectivity index (χ4n) is 5.56. The van der Waals surface area contributed by atoms with Gasteiger partial charge in [-0.25, -0.2) is 4.99 Å². The van der Waals surface area contributed by atoms with Gasteiger partial charge in [0, 0.05) is 0 Å². The summed E-state index contributed by atoms with van der Waals surface area (Å²) >= 11 is 0. The van der Waals surface area contributed by atoms with Gasteiger partial charge >= 0.3 is 0 Å². The maximum atomic E-state index is 5.43. The molecule has 0 amide bonds. The smallest absolute Gasteiger partial charge is 0.0848 e. The summed E-state index contributed by atoms with van der Waals surface area (Å²) in [5.74, 6) is 0. The number of aryl methyl sites for hydroxylation is 2. The molecule has 0 saturated heterocycles. The Labute approximate surface area is 284 Å². The number of hydrogen-bond donors (Lipinski definition) is 0. The zero-order chi connectivity index (χ0) is 32.9. The van der Waals surface area contributed by atoms with E-state index in [1.165, 1.54) is 81.8 Å². The molecule has 0 aliphatic rings. The molecule has 0 heterocycles. The molecule has 2 aromatic rings. The lowest BCUT2D eigenvalue weighted by molar-refractivity contribution is 0.729. The highest BCUT2D eigenvalue weighted by Crippen LogP contribution is 2.25. The molecule has 0 aromatic heterocycles. The number of nitrogens with zero attached hydrogens (tertiary/aromatic N) is 2. The van der Waals surface area contributed by atoms with E-state index in [0.29, 0.717) is 0 Å². The summed E-state index contributed by atoms with van der Waals surface area (Å²) in [6.45, 7) is 9.07. The lowest BCUT2D eigenvalue weighted by atomic mass is 10.0. The van der Waals surface area contributed by atoms with Crippen molar-refractivity contribution < 1.29 is 0 Å². The Morgan fingerprint density at radius 2 is 0.935 bits per heavy atom. The number of aliphatic imine (C=N–C) groups is 2. The Morgan fingerprint density at radius 1 is 0.478 bits per heavy atom. The molecular weight excluding hydrogens is 556 g/mol. The van der Waals surface area contributed by atoms with Crippen molar-refractivity contribution in [1.82, 2.24) is 0 Å². The Hall–Kier alpha value is -3.00. The van der Waals surface area contributed by atoms with Crippen LogP contribution in [0.5, 0.6) is 0 Å². The molecule has 0 unspecified atom stereocenters. The SMILES string of the molecule is CCCCC=CCCCc1ccccc1N=C(C=CCCCCC)C(CCCCC)=Nc1ccccc1CCCC=CCCCC. The van der Waals surface area contributed by atoms with E-state index in [2.05, 4.69) is 113 Å². The fourth-order valence-corrected chi connectivity index (χ4v) is 5.56. The minimum Gasteiger partial charge on any atom is -0.251 e. The van der Waals surface area contributed by atoms with E-state index in [1.807, 2.05) is 0 Å². The van der Waals surface area contributed by atoms with E-state index >= 15 is 0 Å². The maximum absolute atomic E-state index is 5.43. The van der Waals surface area contributed by atoms with Crippen molar-refractivity contribution >= 4 is 22.8 Å². The number of para-hydroxylation sites is 2. The summed E-state index contributed by atoms with van der Waals surface area (Å²) in [5.41, 5.74) is 7.04. The monoisotopic (exact) mass is 623 g/mol. The molecule has 0 aliphatic carbocycles. The van der Waals surface area contributed by atoms with Crippen LogP contribution < -0.4 is 0 Å². The van der Waals surface area contributed by atoms with Crippen LogP contribution in [0.25, 0.3) is 0 Å². The van der Waals surface area contributed by atoms with Crippen molar-refractivity contribution in [3.8, 4) is 0 Å². The number of benzene rings is 2. The number of rotatable bonds is 26. The molecule has 0 N–H and O–H groups in total. The normalized spacial score (nSPS) is 12.8. The van der Waals surface area contributed by atoms with Crippen LogP contribution in [-0.4, -0.2) is 11.4 Å². The highest BCUT2D eigenvalue weighted by molar-refractivity contribution is 6.47. The van der Waals surface area contributed by atoms with Crippen LogP contribution in [0.15, 0.2) is 95.0 Å². The van der Waals surface area contributed by atoms with Gasteiger partial charge in [-0.2, -0.15) is 0 Å². The molecule has 2 nitrogen and oxygen atoms in total. The summed E-state index contributed by atoms with van der Waals surface area (Å²) in [6, 6.07) is 17.5. The molecule has 0 saturated carbocycles. The zero-order valence-corrected chi connectivity index (χ0v) is 30.1. The first-order valence-electron chi connectivity index (χ1n) is 19.0. The molecule has 0 atom stereocenters. The summed E-state index contributed by atoms with van der Waals surface area (Å²) in [6.07, 6.45) is 37.5. The molecule has 2 rings (SSSR count). The highest BCUT2D eigenvalue weighted by atomic mass is 14.8. The van der Waals surface area contributed by atoms with E-state index in [1.54, 1.807) is 0 Å². The third kappa shape index (κ3) is 17.6. The molecule has 0 bridgehead atoms. The van der Waals surface area contributed by atoms with Crippen molar-refractivity contribution in [2.75, 3.05) is 0 Å². The predicted octanol–water partition coefficient (Wildman–Crippen LogP) is 14.4. The summed E-state index contributed by atoms with van der Waals surface area (Å²) < 4.78 is 0. The molecule has 0 spiro atoms. The van der Waals surface area contributed by atoms with E-state index in [-0.39, 0.29) is 0 Å². The van der Waals surface area contributed by atoms with Crippen LogP contribution in [0, 0.1) is 0 Å². The van der Waals surface area contributed by atoms with Gasteiger partial charge in [0.2, 0.25) is 0 Å². The third-order valence-corrected chi connectivity index (χ3v) is 8.46. The molecule has 2 aromatic carbocycles. The van der Waals surface area contributed by atoms with E-state index in [4.69, 9.17) is 9.98 Å². The van der Waals surface area contributed by atoms with Gasteiger partial charge in [0.1, 0.15) is 0 Å². The molecule has 2 heteroatoms. The minimum absolute atomic E-state index is 0.950. The maximum Gasteiger partial charge on any atom is 0.0848 e. The highest BCUT2D eigenvalue weighted by Gasteiger charge is 2.11. The molecule has 46 heavy (non-hydrogen) atoms. The van der Waals surface area contributed by atoms with Gasteiger partial charge < -0.3 is 0 Å². The Bertz CT molecular complexity index is 1200. The standard InChI is InChI=1S/C44H66N2/c1-5-9-13-16-18-21-24-31-39-33-27-29-35-41(39)45-43(37-23-12-8-4)44(38-26-20-15-11-7-3)46-42-36-30-28-34-40(42)32-25-22-19-17-14-10-6-2/h16-19,26-30,33-36,38H,5-15,20-25,31-32,37H2,1-4H3. The lowest BCUT2D eigenvalue weighted by Gasteiger charge is -2.12. The number of unbranched alkanes of at least 4 members (excludes halogenated alkanes) is 11. The van der Waals surface area contributed by atoms with Gasteiger partial charge in [-0.1, -0.05) is 146 Å². The Balaban J connectivity index is 2.39. The summed E-state index contributed by atoms with van der Waals surface area (Å²) in [4.78, 5) is 10.8. The van der Waals surface area contributed by atoms with Crippen LogP contribution in [0.1, 0.15) is 154 Å². The van der Waals surface area contributed by atoms with Crippen molar-refractivity contribution in [2.24, 2.45) is 9.98 Å². The van der Waals surface area contributed by atoms with E-state index < -0.39 is 0 Å². The van der Waals surface area contributed by atoms with E-state index in [0.717, 1.165) is 80.6 Å². The summed E-state index contributed by atoms with van der Waals surface area (Å²) in [5, 5.41) is 0. The van der Waals surface area contributed by atoms with Gasteiger partial charge in [-0.15, -0.1) is 0 Å². The molecular formula is C44H66N2. The zero-order valence-electron chi connectivity index (χ0n) is 30.1. The van der Waals surface area contributed by atoms with Crippen molar-refractivity contribution in [1.29, 1.82) is 0 Å². The first-order valence-corrected chi connectivity index (χ1v) is 19.0. The van der Waals surface area contributed by atoms with Gasteiger partial charge in [0.25, 0.3) is 0 Å². The second kappa shape index (κ2) is 27.1. The average molecular weight is 623 g/mol. The topological polar surface area (TPSA) is 24.7 Å². The van der Waals surface area contributed by atoms with Crippen molar-refractivity contribution in [2.45, 2.75) is 156 Å². The lowest BCUT2D eigenvalue weighted by Crippen LogP contribution is -2.12. The van der Waals surface area contributed by atoms with Crippen LogP contribution in [-0.2, 0) is 12.8 Å². The second-order valence-corrected chi connectivity index (χ2v) is 12.7. The molecule has 0 fully saturated rings. The first kappa shape index (κ1) is 39.2. The van der Waals surface area contributed by atoms with Crippen LogP contribution in [0.4, 0.5) is 11.4 Å². The quantitative estimate of drug-likeness (QED) is 0.0566. The Kier molecular flexibility index (Phi) is 23.1. The minimum atomic E-state index is 0.950. The molecule has 0 radical (unpaired) electrons. The molecule has 252 valence electrons. The van der Waals surface area contributed by atoms with Gasteiger partial charge in [-0.3, -0.25) is 4.99 Å². The van der Waals surface area contributed by atoms with Gasteiger partial charge in [0.05, 0.1) is 22.8 Å². The van der Waals surface area contributed by atoms with E-state index in [9.17, 15) is 0 Å². The van der Waals surface area contributed by atoms with Crippen LogP contribution in [0.3, 0.4) is 0 Å². The largest absolute Gasteiger partial charge is 0.251 e. The van der Waals surface area contributed by atoms with Gasteiger partial charge in [0.15, 0.2) is 0 Å². The van der Waals surface area contributed by atoms with Crippen molar-refractivity contribution in [3.63, 3.8) is 0 Å².